The molecule has 0 spiro atoms. The molecule has 0 aliphatic heterocycles. The van der Waals surface area contributed by atoms with Crippen molar-refractivity contribution in [3.8, 4) is 0 Å². The summed E-state index contributed by atoms with van der Waals surface area (Å²) in [4.78, 5) is 12.0. The van der Waals surface area contributed by atoms with E-state index in [0.717, 1.165) is 6.42 Å². The summed E-state index contributed by atoms with van der Waals surface area (Å²) in [5.74, 6) is 0.148. The third-order valence-corrected chi connectivity index (χ3v) is 3.64. The first-order valence-electron chi connectivity index (χ1n) is 6.84. The average molecular weight is 262 g/mol. The number of hydrogen-bond donors (Lipinski definition) is 0. The van der Waals surface area contributed by atoms with Crippen molar-refractivity contribution in [3.05, 3.63) is 35.4 Å². The Morgan fingerprint density at radius 2 is 1.58 bits per heavy atom. The number of ketones is 1. The third-order valence-electron chi connectivity index (χ3n) is 3.64. The number of hydrogen-bond acceptors (Lipinski definition) is 2. The Balaban J connectivity index is 2.63. The van der Waals surface area contributed by atoms with Crippen LogP contribution in [0.15, 0.2) is 24.3 Å². The van der Waals surface area contributed by atoms with E-state index in [0.29, 0.717) is 6.42 Å². The monoisotopic (exact) mass is 262 g/mol. The van der Waals surface area contributed by atoms with E-state index < -0.39 is 5.60 Å². The maximum absolute atomic E-state index is 12.0. The van der Waals surface area contributed by atoms with Crippen molar-refractivity contribution in [2.24, 2.45) is 0 Å². The summed E-state index contributed by atoms with van der Waals surface area (Å²) >= 11 is 0. The van der Waals surface area contributed by atoms with Crippen molar-refractivity contribution in [2.45, 2.75) is 58.5 Å². The molecule has 0 aromatic heterocycles. The van der Waals surface area contributed by atoms with Crippen LogP contribution in [0, 0.1) is 0 Å². The van der Waals surface area contributed by atoms with Crippen LogP contribution in [0.1, 0.15) is 52.2 Å². The lowest BCUT2D eigenvalue weighted by molar-refractivity contribution is -0.137. The number of benzene rings is 1. The predicted octanol–water partition coefficient (Wildman–Crippen LogP) is 3.91. The van der Waals surface area contributed by atoms with E-state index in [1.165, 1.54) is 11.1 Å². The molecule has 0 aliphatic carbocycles. The Labute approximate surface area is 117 Å². The van der Waals surface area contributed by atoms with Crippen LogP contribution in [0.3, 0.4) is 0 Å². The van der Waals surface area contributed by atoms with E-state index >= 15 is 0 Å². The van der Waals surface area contributed by atoms with Crippen LogP contribution >= 0.6 is 0 Å². The molecule has 2 heteroatoms. The normalized spacial score (nSPS) is 12.5. The summed E-state index contributed by atoms with van der Waals surface area (Å²) in [6, 6.07) is 8.55. The molecule has 0 saturated carbocycles. The molecule has 0 bridgehead atoms. The van der Waals surface area contributed by atoms with Gasteiger partial charge in [0.05, 0.1) is 0 Å². The van der Waals surface area contributed by atoms with E-state index in [1.807, 2.05) is 13.8 Å². The Morgan fingerprint density at radius 3 is 2.00 bits per heavy atom. The lowest BCUT2D eigenvalue weighted by atomic mass is 9.86. The first kappa shape index (κ1) is 15.9. The molecule has 0 radical (unpaired) electrons. The van der Waals surface area contributed by atoms with Gasteiger partial charge in [-0.1, -0.05) is 45.0 Å². The van der Waals surface area contributed by atoms with E-state index in [1.54, 1.807) is 7.11 Å². The van der Waals surface area contributed by atoms with Gasteiger partial charge in [-0.05, 0) is 36.8 Å². The maximum atomic E-state index is 12.0. The summed E-state index contributed by atoms with van der Waals surface area (Å²) in [7, 11) is 1.58. The number of carbonyl (C=O) groups excluding carboxylic acids is 1. The van der Waals surface area contributed by atoms with Crippen LogP contribution in [0.4, 0.5) is 0 Å². The standard InChI is InChI=1S/C17H26O2/c1-16(2,3)14-10-7-13(8-11-14)9-12-15(18)17(4,5)19-6/h7-8,10-11H,9,12H2,1-6H3. The number of ether oxygens (including phenoxy) is 1. The second kappa shape index (κ2) is 5.87. The SMILES string of the molecule is COC(C)(C)C(=O)CCc1ccc(C(C)(C)C)cc1. The fraction of sp³-hybridized carbons (Fsp3) is 0.588. The Hall–Kier alpha value is -1.15. The van der Waals surface area contributed by atoms with Crippen LogP contribution < -0.4 is 0 Å². The lowest BCUT2D eigenvalue weighted by Gasteiger charge is -2.21. The highest BCUT2D eigenvalue weighted by Gasteiger charge is 2.25. The van der Waals surface area contributed by atoms with Gasteiger partial charge in [0.25, 0.3) is 0 Å². The van der Waals surface area contributed by atoms with E-state index in [-0.39, 0.29) is 11.2 Å². The zero-order valence-electron chi connectivity index (χ0n) is 13.0. The highest BCUT2D eigenvalue weighted by atomic mass is 16.5. The van der Waals surface area contributed by atoms with Gasteiger partial charge in [0.1, 0.15) is 5.60 Å². The first-order valence-corrected chi connectivity index (χ1v) is 6.84. The van der Waals surface area contributed by atoms with Crippen molar-refractivity contribution in [1.29, 1.82) is 0 Å². The fourth-order valence-electron chi connectivity index (χ4n) is 1.84. The van der Waals surface area contributed by atoms with Gasteiger partial charge in [0, 0.05) is 13.5 Å². The molecule has 2 nitrogen and oxygen atoms in total. The van der Waals surface area contributed by atoms with Gasteiger partial charge in [0.15, 0.2) is 5.78 Å². The molecule has 19 heavy (non-hydrogen) atoms. The summed E-state index contributed by atoms with van der Waals surface area (Å²) in [6.07, 6.45) is 1.30. The molecule has 0 N–H and O–H groups in total. The molecule has 0 amide bonds. The van der Waals surface area contributed by atoms with Crippen LogP contribution in [0.5, 0.6) is 0 Å². The van der Waals surface area contributed by atoms with Crippen molar-refractivity contribution in [2.75, 3.05) is 7.11 Å². The fourth-order valence-corrected chi connectivity index (χ4v) is 1.84. The van der Waals surface area contributed by atoms with Crippen molar-refractivity contribution < 1.29 is 9.53 Å². The molecule has 1 aromatic carbocycles. The van der Waals surface area contributed by atoms with Gasteiger partial charge in [-0.15, -0.1) is 0 Å². The minimum Gasteiger partial charge on any atom is -0.371 e. The van der Waals surface area contributed by atoms with Crippen molar-refractivity contribution in [1.82, 2.24) is 0 Å². The summed E-state index contributed by atoms with van der Waals surface area (Å²) < 4.78 is 5.20. The number of rotatable bonds is 5. The molecule has 0 saturated heterocycles. The Kier molecular flexibility index (Phi) is 4.92. The van der Waals surface area contributed by atoms with Crippen molar-refractivity contribution in [3.63, 3.8) is 0 Å². The van der Waals surface area contributed by atoms with Crippen molar-refractivity contribution >= 4 is 5.78 Å². The molecule has 0 heterocycles. The molecule has 0 fully saturated rings. The first-order chi connectivity index (χ1) is 8.66. The van der Waals surface area contributed by atoms with Crippen LogP contribution in [-0.4, -0.2) is 18.5 Å². The summed E-state index contributed by atoms with van der Waals surface area (Å²) in [5.41, 5.74) is 2.02. The lowest BCUT2D eigenvalue weighted by Crippen LogP contribution is -2.33. The number of carbonyl (C=O) groups is 1. The predicted molar refractivity (Wildman–Crippen MR) is 79.6 cm³/mol. The van der Waals surface area contributed by atoms with Gasteiger partial charge in [-0.25, -0.2) is 0 Å². The van der Waals surface area contributed by atoms with Gasteiger partial charge >= 0.3 is 0 Å². The number of methoxy groups -OCH3 is 1. The largest absolute Gasteiger partial charge is 0.371 e. The minimum absolute atomic E-state index is 0.148. The maximum Gasteiger partial charge on any atom is 0.164 e. The van der Waals surface area contributed by atoms with Crippen LogP contribution in [0.25, 0.3) is 0 Å². The quantitative estimate of drug-likeness (QED) is 0.804. The zero-order valence-corrected chi connectivity index (χ0v) is 13.0. The number of Topliss-reactive ketones (excluding diaryl/α,β-unsaturated/α-hetero) is 1. The second-order valence-electron chi connectivity index (χ2n) is 6.58. The van der Waals surface area contributed by atoms with Gasteiger partial charge in [-0.2, -0.15) is 0 Å². The van der Waals surface area contributed by atoms with Crippen LogP contribution in [0.2, 0.25) is 0 Å². The summed E-state index contributed by atoms with van der Waals surface area (Å²) in [6.45, 7) is 10.2. The minimum atomic E-state index is -0.675. The van der Waals surface area contributed by atoms with Crippen LogP contribution in [-0.2, 0) is 21.4 Å². The topological polar surface area (TPSA) is 26.3 Å². The molecule has 1 rings (SSSR count). The van der Waals surface area contributed by atoms with Gasteiger partial charge in [0.2, 0.25) is 0 Å². The zero-order chi connectivity index (χ0) is 14.7. The molecule has 106 valence electrons. The van der Waals surface area contributed by atoms with E-state index in [9.17, 15) is 4.79 Å². The van der Waals surface area contributed by atoms with E-state index in [4.69, 9.17) is 4.74 Å². The van der Waals surface area contributed by atoms with Gasteiger partial charge in [-0.3, -0.25) is 4.79 Å². The van der Waals surface area contributed by atoms with Gasteiger partial charge < -0.3 is 4.74 Å². The molecular formula is C17H26O2. The highest BCUT2D eigenvalue weighted by molar-refractivity contribution is 5.86. The Bertz CT molecular complexity index is 422. The smallest absolute Gasteiger partial charge is 0.164 e. The number of aryl methyl sites for hydroxylation is 1. The molecule has 0 atom stereocenters. The third kappa shape index (κ3) is 4.46. The molecule has 0 aliphatic rings. The average Bonchev–Trinajstić information content (AvgIpc) is 2.35. The van der Waals surface area contributed by atoms with E-state index in [2.05, 4.69) is 45.0 Å². The highest BCUT2D eigenvalue weighted by Crippen LogP contribution is 2.22. The molecular weight excluding hydrogens is 236 g/mol. The molecule has 1 aromatic rings. The Morgan fingerprint density at radius 1 is 1.05 bits per heavy atom. The second-order valence-corrected chi connectivity index (χ2v) is 6.58. The molecule has 0 unspecified atom stereocenters. The summed E-state index contributed by atoms with van der Waals surface area (Å²) in [5, 5.41) is 0.